The van der Waals surface area contributed by atoms with Crippen LogP contribution in [0.5, 0.6) is 0 Å². The first-order valence-corrected chi connectivity index (χ1v) is 9.31. The van der Waals surface area contributed by atoms with Gasteiger partial charge in [0.05, 0.1) is 12.4 Å². The first kappa shape index (κ1) is 14.9. The van der Waals surface area contributed by atoms with Crippen LogP contribution >= 0.6 is 11.3 Å². The Morgan fingerprint density at radius 3 is 2.78 bits per heavy atom. The van der Waals surface area contributed by atoms with Crippen LogP contribution in [0.3, 0.4) is 0 Å². The van der Waals surface area contributed by atoms with Crippen molar-refractivity contribution in [3.63, 3.8) is 0 Å². The molecule has 1 aliphatic heterocycles. The molecule has 2 aromatic rings. The Morgan fingerprint density at radius 2 is 2.09 bits per heavy atom. The van der Waals surface area contributed by atoms with Gasteiger partial charge in [-0.3, -0.25) is 14.4 Å². The average Bonchev–Trinajstić information content (AvgIpc) is 3.04. The summed E-state index contributed by atoms with van der Waals surface area (Å²) in [6.07, 6.45) is 6.28. The predicted molar refractivity (Wildman–Crippen MR) is 91.0 cm³/mol. The molecule has 3 heterocycles. The van der Waals surface area contributed by atoms with Gasteiger partial charge >= 0.3 is 0 Å². The van der Waals surface area contributed by atoms with Gasteiger partial charge in [-0.15, -0.1) is 0 Å². The molecule has 2 aliphatic rings. The van der Waals surface area contributed by atoms with E-state index < -0.39 is 0 Å². The maximum atomic E-state index is 12.1. The minimum absolute atomic E-state index is 0.200. The van der Waals surface area contributed by atoms with Gasteiger partial charge in [0.1, 0.15) is 0 Å². The van der Waals surface area contributed by atoms with Crippen molar-refractivity contribution in [2.45, 2.75) is 38.4 Å². The zero-order chi connectivity index (χ0) is 15.6. The fraction of sp³-hybridized carbons (Fsp3) is 0.529. The predicted octanol–water partition coefficient (Wildman–Crippen LogP) is 2.56. The lowest BCUT2D eigenvalue weighted by atomic mass is 9.96. The van der Waals surface area contributed by atoms with Crippen molar-refractivity contribution in [2.24, 2.45) is 5.92 Å². The van der Waals surface area contributed by atoms with Gasteiger partial charge in [0.25, 0.3) is 0 Å². The van der Waals surface area contributed by atoms with Crippen molar-refractivity contribution in [2.75, 3.05) is 13.1 Å². The minimum Gasteiger partial charge on any atom is -0.353 e. The molecule has 4 rings (SSSR count). The van der Waals surface area contributed by atoms with Crippen molar-refractivity contribution >= 4 is 17.2 Å². The molecular formula is C17H22N4OS. The van der Waals surface area contributed by atoms with Crippen molar-refractivity contribution < 1.29 is 4.79 Å². The third kappa shape index (κ3) is 3.64. The Bertz CT molecular complexity index is 654. The summed E-state index contributed by atoms with van der Waals surface area (Å²) in [6.45, 7) is 2.74. The second-order valence-corrected chi connectivity index (χ2v) is 7.35. The highest BCUT2D eigenvalue weighted by Crippen LogP contribution is 2.23. The number of nitrogens with one attached hydrogen (secondary N) is 1. The van der Waals surface area contributed by atoms with Crippen LogP contribution in [-0.4, -0.2) is 39.7 Å². The Morgan fingerprint density at radius 1 is 1.26 bits per heavy atom. The fourth-order valence-corrected chi connectivity index (χ4v) is 3.74. The van der Waals surface area contributed by atoms with E-state index in [1.165, 1.54) is 5.56 Å². The van der Waals surface area contributed by atoms with Gasteiger partial charge in [-0.1, -0.05) is 0 Å². The highest BCUT2D eigenvalue weighted by Gasteiger charge is 2.29. The number of likely N-dealkylation sites (tertiary alicyclic amines) is 1. The van der Waals surface area contributed by atoms with E-state index in [9.17, 15) is 4.79 Å². The molecule has 2 aromatic heterocycles. The van der Waals surface area contributed by atoms with Gasteiger partial charge in [-0.25, -0.2) is 0 Å². The number of amides is 1. The molecule has 0 aromatic carbocycles. The van der Waals surface area contributed by atoms with Gasteiger partial charge in [-0.2, -0.15) is 16.4 Å². The lowest BCUT2D eigenvalue weighted by molar-refractivity contribution is -0.126. The van der Waals surface area contributed by atoms with Crippen molar-refractivity contribution in [1.82, 2.24) is 20.0 Å². The lowest BCUT2D eigenvalue weighted by Crippen LogP contribution is -2.41. The van der Waals surface area contributed by atoms with E-state index in [1.54, 1.807) is 11.3 Å². The van der Waals surface area contributed by atoms with Crippen LogP contribution < -0.4 is 5.32 Å². The van der Waals surface area contributed by atoms with E-state index >= 15 is 0 Å². The third-order valence-electron chi connectivity index (χ3n) is 4.68. The second kappa shape index (κ2) is 6.45. The number of carbonyl (C=O) groups excluding carboxylic acids is 1. The molecule has 6 heteroatoms. The average molecular weight is 330 g/mol. The van der Waals surface area contributed by atoms with Crippen LogP contribution in [0, 0.1) is 5.92 Å². The van der Waals surface area contributed by atoms with Gasteiger partial charge in [-0.05, 0) is 43.2 Å². The van der Waals surface area contributed by atoms with Crippen LogP contribution in [0.1, 0.15) is 25.7 Å². The van der Waals surface area contributed by atoms with E-state index in [4.69, 9.17) is 0 Å². The molecule has 1 saturated heterocycles. The summed E-state index contributed by atoms with van der Waals surface area (Å²) in [5.74, 6) is 0.469. The van der Waals surface area contributed by atoms with Crippen LogP contribution in [0.4, 0.5) is 0 Å². The standard InChI is InChI=1S/C17H22N4OS/c22-17(18-15-1-2-15)13-3-7-20(8-4-13)12-21-9-5-16(19-21)14-6-10-23-11-14/h5-6,9-11,13,15H,1-4,7-8,12H2,(H,18,22). The Kier molecular flexibility index (Phi) is 4.18. The van der Waals surface area contributed by atoms with Crippen molar-refractivity contribution in [3.05, 3.63) is 29.1 Å². The Hall–Kier alpha value is -1.66. The van der Waals surface area contributed by atoms with E-state index in [-0.39, 0.29) is 11.8 Å². The number of hydrogen-bond acceptors (Lipinski definition) is 4. The number of piperidine rings is 1. The van der Waals surface area contributed by atoms with Crippen molar-refractivity contribution in [3.8, 4) is 11.3 Å². The number of aromatic nitrogens is 2. The molecule has 0 unspecified atom stereocenters. The molecular weight excluding hydrogens is 308 g/mol. The van der Waals surface area contributed by atoms with Crippen LogP contribution in [-0.2, 0) is 11.5 Å². The Balaban J connectivity index is 1.28. The summed E-state index contributed by atoms with van der Waals surface area (Å²) in [7, 11) is 0. The molecule has 0 radical (unpaired) electrons. The van der Waals surface area contributed by atoms with E-state index in [0.717, 1.165) is 51.1 Å². The lowest BCUT2D eigenvalue weighted by Gasteiger charge is -2.31. The van der Waals surface area contributed by atoms with Crippen molar-refractivity contribution in [1.29, 1.82) is 0 Å². The molecule has 23 heavy (non-hydrogen) atoms. The topological polar surface area (TPSA) is 50.2 Å². The third-order valence-corrected chi connectivity index (χ3v) is 5.37. The van der Waals surface area contributed by atoms with Gasteiger partial charge < -0.3 is 5.32 Å². The number of hydrogen-bond donors (Lipinski definition) is 1. The van der Waals surface area contributed by atoms with Crippen LogP contribution in [0.25, 0.3) is 11.3 Å². The maximum absolute atomic E-state index is 12.1. The fourth-order valence-electron chi connectivity index (χ4n) is 3.09. The molecule has 1 N–H and O–H groups in total. The maximum Gasteiger partial charge on any atom is 0.223 e. The number of carbonyl (C=O) groups is 1. The molecule has 122 valence electrons. The molecule has 2 fully saturated rings. The SMILES string of the molecule is O=C(NC1CC1)C1CCN(Cn2ccc(-c3ccsc3)n2)CC1. The van der Waals surface area contributed by atoms with Gasteiger partial charge in [0.15, 0.2) is 0 Å². The first-order valence-electron chi connectivity index (χ1n) is 8.37. The summed E-state index contributed by atoms with van der Waals surface area (Å²) in [5.41, 5.74) is 2.22. The summed E-state index contributed by atoms with van der Waals surface area (Å²) in [5, 5.41) is 12.0. The molecule has 0 atom stereocenters. The Labute approximate surface area is 140 Å². The minimum atomic E-state index is 0.200. The summed E-state index contributed by atoms with van der Waals surface area (Å²) in [4.78, 5) is 14.5. The highest BCUT2D eigenvalue weighted by molar-refractivity contribution is 7.08. The summed E-state index contributed by atoms with van der Waals surface area (Å²) in [6, 6.07) is 4.64. The molecule has 1 saturated carbocycles. The number of thiophene rings is 1. The van der Waals surface area contributed by atoms with Gasteiger partial charge in [0.2, 0.25) is 5.91 Å². The first-order chi connectivity index (χ1) is 11.3. The molecule has 1 amide bonds. The second-order valence-electron chi connectivity index (χ2n) is 6.57. The zero-order valence-corrected chi connectivity index (χ0v) is 14.0. The normalized spacial score (nSPS) is 19.8. The van der Waals surface area contributed by atoms with E-state index in [0.29, 0.717) is 6.04 Å². The zero-order valence-electron chi connectivity index (χ0n) is 13.1. The smallest absolute Gasteiger partial charge is 0.223 e. The number of rotatable bonds is 5. The summed E-state index contributed by atoms with van der Waals surface area (Å²) < 4.78 is 2.00. The molecule has 0 bridgehead atoms. The largest absolute Gasteiger partial charge is 0.353 e. The van der Waals surface area contributed by atoms with Crippen LogP contribution in [0.15, 0.2) is 29.1 Å². The van der Waals surface area contributed by atoms with E-state index in [2.05, 4.69) is 38.2 Å². The van der Waals surface area contributed by atoms with E-state index in [1.807, 2.05) is 10.9 Å². The molecule has 0 spiro atoms. The van der Waals surface area contributed by atoms with Crippen LogP contribution in [0.2, 0.25) is 0 Å². The monoisotopic (exact) mass is 330 g/mol. The molecule has 1 aliphatic carbocycles. The number of nitrogens with zero attached hydrogens (tertiary/aromatic N) is 3. The summed E-state index contributed by atoms with van der Waals surface area (Å²) >= 11 is 1.69. The highest BCUT2D eigenvalue weighted by atomic mass is 32.1. The van der Waals surface area contributed by atoms with Gasteiger partial charge in [0, 0.05) is 42.2 Å². The quantitative estimate of drug-likeness (QED) is 0.917. The molecule has 5 nitrogen and oxygen atoms in total.